The first-order valence-corrected chi connectivity index (χ1v) is 6.02. The van der Waals surface area contributed by atoms with Crippen LogP contribution in [0.2, 0.25) is 0 Å². The topological polar surface area (TPSA) is 150 Å². The van der Waals surface area contributed by atoms with Gasteiger partial charge < -0.3 is 30.6 Å². The summed E-state index contributed by atoms with van der Waals surface area (Å²) in [6.07, 6.45) is -1.23. The molecule has 2 aromatic carbocycles. The van der Waals surface area contributed by atoms with Gasteiger partial charge in [0.15, 0.2) is 0 Å². The number of benzene rings is 2. The van der Waals surface area contributed by atoms with E-state index in [1.807, 2.05) is 0 Å². The van der Waals surface area contributed by atoms with E-state index in [-0.39, 0.29) is 21.7 Å². The predicted molar refractivity (Wildman–Crippen MR) is 70.0 cm³/mol. The molecule has 2 rings (SSSR count). The molecule has 0 radical (unpaired) electrons. The number of para-hydroxylation sites is 4. The molecule has 0 bridgehead atoms. The van der Waals surface area contributed by atoms with E-state index in [0.717, 1.165) is 0 Å². The Morgan fingerprint density at radius 2 is 1.00 bits per heavy atom. The number of carboxylic acid groups (broad SMARTS) is 1. The van der Waals surface area contributed by atoms with Crippen LogP contribution in [0.4, 0.5) is 0 Å². The van der Waals surface area contributed by atoms with Crippen LogP contribution in [-0.4, -0.2) is 22.3 Å². The van der Waals surface area contributed by atoms with Gasteiger partial charge in [-0.25, -0.2) is 4.79 Å². The van der Waals surface area contributed by atoms with Crippen molar-refractivity contribution in [1.29, 1.82) is 0 Å². The van der Waals surface area contributed by atoms with E-state index in [1.54, 1.807) is 24.3 Å². The second kappa shape index (κ2) is 12.3. The monoisotopic (exact) mass is 354 g/mol. The third-order valence-corrected chi connectivity index (χ3v) is 2.06. The summed E-state index contributed by atoms with van der Waals surface area (Å²) >= 11 is 0. The van der Waals surface area contributed by atoms with Crippen LogP contribution in [0.15, 0.2) is 48.5 Å². The van der Waals surface area contributed by atoms with Crippen LogP contribution < -0.4 is 20.4 Å². The molecule has 23 heavy (non-hydrogen) atoms. The molecule has 0 spiro atoms. The summed E-state index contributed by atoms with van der Waals surface area (Å²) in [7, 11) is 0. The van der Waals surface area contributed by atoms with Crippen LogP contribution in [0.25, 0.3) is 0 Å². The fourth-order valence-electron chi connectivity index (χ4n) is 0.900. The van der Waals surface area contributed by atoms with Gasteiger partial charge in [-0.2, -0.15) is 0 Å². The van der Waals surface area contributed by atoms with Gasteiger partial charge in [0.2, 0.25) is 0 Å². The number of rotatable bonds is 1. The molecular weight excluding hydrogens is 340 g/mol. The molecule has 0 aliphatic carbocycles. The first-order valence-electron chi connectivity index (χ1n) is 6.02. The Hall–Kier alpha value is -2.22. The van der Waals surface area contributed by atoms with Gasteiger partial charge in [-0.3, -0.25) is 0 Å². The quantitative estimate of drug-likeness (QED) is 0.631. The SMILES string of the molecule is CC(O)C(=O)O.[O-]c1ccccc1[O-].[O-]c1ccccc1[O-].[Ti+4]. The maximum Gasteiger partial charge on any atom is 4.00 e. The largest absolute Gasteiger partial charge is 4.00 e. The van der Waals surface area contributed by atoms with E-state index >= 15 is 0 Å². The summed E-state index contributed by atoms with van der Waals surface area (Å²) in [6.45, 7) is 1.20. The summed E-state index contributed by atoms with van der Waals surface area (Å²) in [5.74, 6) is -2.94. The van der Waals surface area contributed by atoms with Crippen LogP contribution in [0.3, 0.4) is 0 Å². The van der Waals surface area contributed by atoms with Crippen LogP contribution in [-0.2, 0) is 26.5 Å². The zero-order chi connectivity index (χ0) is 17.1. The Kier molecular flexibility index (Phi) is 12.4. The van der Waals surface area contributed by atoms with Gasteiger partial charge in [-0.1, -0.05) is 48.5 Å². The van der Waals surface area contributed by atoms with E-state index in [2.05, 4.69) is 0 Å². The Labute approximate surface area is 148 Å². The maximum absolute atomic E-state index is 10.3. The van der Waals surface area contributed by atoms with Gasteiger partial charge in [-0.05, 0) is 6.92 Å². The normalized spacial score (nSPS) is 9.83. The molecule has 7 nitrogen and oxygen atoms in total. The minimum atomic E-state index is -1.23. The van der Waals surface area contributed by atoms with E-state index < -0.39 is 35.1 Å². The number of hydrogen-bond donors (Lipinski definition) is 2. The second-order valence-electron chi connectivity index (χ2n) is 3.91. The van der Waals surface area contributed by atoms with Crippen LogP contribution in [0.1, 0.15) is 6.92 Å². The van der Waals surface area contributed by atoms with Crippen molar-refractivity contribution in [2.75, 3.05) is 0 Å². The second-order valence-corrected chi connectivity index (χ2v) is 3.91. The molecule has 0 saturated heterocycles. The van der Waals surface area contributed by atoms with Gasteiger partial charge >= 0.3 is 27.7 Å². The minimum Gasteiger partial charge on any atom is -0.873 e. The number of aliphatic hydroxyl groups excluding tert-OH is 1. The first kappa shape index (κ1) is 23.1. The van der Waals surface area contributed by atoms with Crippen LogP contribution in [0, 0.1) is 0 Å². The van der Waals surface area contributed by atoms with Crippen LogP contribution >= 0.6 is 0 Å². The van der Waals surface area contributed by atoms with Crippen molar-refractivity contribution in [1.82, 2.24) is 0 Å². The molecule has 1 unspecified atom stereocenters. The van der Waals surface area contributed by atoms with Gasteiger partial charge in [0.1, 0.15) is 6.10 Å². The van der Waals surface area contributed by atoms with Gasteiger partial charge in [0.05, 0.1) is 0 Å². The summed E-state index contributed by atoms with van der Waals surface area (Å²) < 4.78 is 0. The van der Waals surface area contributed by atoms with Crippen molar-refractivity contribution in [3.05, 3.63) is 48.5 Å². The Morgan fingerprint density at radius 3 is 1.09 bits per heavy atom. The van der Waals surface area contributed by atoms with E-state index in [1.165, 1.54) is 31.2 Å². The molecular formula is C15H14O7Ti. The standard InChI is InChI=1S/2C6H6O2.C3H6O3.Ti/c2*7-5-3-1-2-4-6(5)8;1-2(4)3(5)6;/h2*1-4,7-8H;2,4H,1H3,(H,5,6);/q;;;+4/p-4. The van der Waals surface area contributed by atoms with Crippen molar-refractivity contribution >= 4 is 5.97 Å². The number of carboxylic acids is 1. The molecule has 2 aromatic rings. The number of aliphatic carboxylic acids is 1. The Balaban J connectivity index is 0. The fourth-order valence-corrected chi connectivity index (χ4v) is 0.900. The zero-order valence-electron chi connectivity index (χ0n) is 12.1. The average molecular weight is 354 g/mol. The van der Waals surface area contributed by atoms with E-state index in [0.29, 0.717) is 0 Å². The van der Waals surface area contributed by atoms with Gasteiger partial charge in [-0.15, -0.1) is 23.0 Å². The molecule has 1 atom stereocenters. The van der Waals surface area contributed by atoms with Crippen molar-refractivity contribution < 1.29 is 57.2 Å². The molecule has 0 amide bonds. The number of hydrogen-bond acceptors (Lipinski definition) is 6. The molecule has 0 aliphatic rings. The molecule has 0 aliphatic heterocycles. The molecule has 0 saturated carbocycles. The van der Waals surface area contributed by atoms with Gasteiger partial charge in [0.25, 0.3) is 0 Å². The summed E-state index contributed by atoms with van der Waals surface area (Å²) in [4.78, 5) is 9.45. The molecule has 0 aromatic heterocycles. The molecule has 0 heterocycles. The summed E-state index contributed by atoms with van der Waals surface area (Å²) in [5, 5.41) is 57.0. The number of aliphatic hydroxyl groups is 1. The Bertz CT molecular complexity index is 502. The smallest absolute Gasteiger partial charge is 0.873 e. The summed E-state index contributed by atoms with van der Waals surface area (Å²) in [6, 6.07) is 11.2. The number of carbonyl (C=O) groups is 1. The average Bonchev–Trinajstić information content (AvgIpc) is 2.47. The Morgan fingerprint density at radius 1 is 0.826 bits per heavy atom. The summed E-state index contributed by atoms with van der Waals surface area (Å²) in [5.41, 5.74) is 0. The van der Waals surface area contributed by atoms with Crippen molar-refractivity contribution in [2.24, 2.45) is 0 Å². The van der Waals surface area contributed by atoms with Gasteiger partial charge in [0, 0.05) is 0 Å². The maximum atomic E-state index is 10.3. The minimum absolute atomic E-state index is 0. The van der Waals surface area contributed by atoms with Crippen molar-refractivity contribution in [3.8, 4) is 23.0 Å². The molecule has 0 fully saturated rings. The zero-order valence-corrected chi connectivity index (χ0v) is 13.7. The molecule has 8 heteroatoms. The molecule has 2 N–H and O–H groups in total. The molecule has 120 valence electrons. The first-order chi connectivity index (χ1) is 10.3. The third-order valence-electron chi connectivity index (χ3n) is 2.06. The van der Waals surface area contributed by atoms with Crippen molar-refractivity contribution in [3.63, 3.8) is 0 Å². The van der Waals surface area contributed by atoms with E-state index in [4.69, 9.17) is 10.2 Å². The predicted octanol–water partition coefficient (Wildman–Crippen LogP) is -0.883. The van der Waals surface area contributed by atoms with Crippen molar-refractivity contribution in [2.45, 2.75) is 13.0 Å². The third kappa shape index (κ3) is 11.1. The van der Waals surface area contributed by atoms with E-state index in [9.17, 15) is 25.2 Å². The fraction of sp³-hybridized carbons (Fsp3) is 0.133. The van der Waals surface area contributed by atoms with Crippen LogP contribution in [0.5, 0.6) is 23.0 Å².